The quantitative estimate of drug-likeness (QED) is 0.146. The van der Waals surface area contributed by atoms with Crippen molar-refractivity contribution in [1.29, 1.82) is 0 Å². The second kappa shape index (κ2) is 11.1. The summed E-state index contributed by atoms with van der Waals surface area (Å²) in [6, 6.07) is 14.9. The molecule has 1 aliphatic rings. The van der Waals surface area contributed by atoms with Gasteiger partial charge in [-0.1, -0.05) is 35.5 Å². The first-order valence-electron chi connectivity index (χ1n) is 12.0. The Morgan fingerprint density at radius 2 is 1.89 bits per heavy atom. The summed E-state index contributed by atoms with van der Waals surface area (Å²) in [5, 5.41) is 5.83. The Bertz CT molecular complexity index is 1530. The van der Waals surface area contributed by atoms with Crippen molar-refractivity contribution in [3.8, 4) is 5.69 Å². The van der Waals surface area contributed by atoms with E-state index in [-0.39, 0.29) is 17.2 Å². The van der Waals surface area contributed by atoms with Gasteiger partial charge in [0.15, 0.2) is 5.16 Å². The zero-order valence-electron chi connectivity index (χ0n) is 20.5. The van der Waals surface area contributed by atoms with Crippen LogP contribution in [0.25, 0.3) is 15.9 Å². The van der Waals surface area contributed by atoms with Gasteiger partial charge in [-0.3, -0.25) is 14.2 Å². The van der Waals surface area contributed by atoms with E-state index >= 15 is 0 Å². The highest BCUT2D eigenvalue weighted by Crippen LogP contribution is 2.35. The lowest BCUT2D eigenvalue weighted by molar-refractivity contribution is -0.118. The predicted octanol–water partition coefficient (Wildman–Crippen LogP) is 5.29. The molecule has 0 saturated heterocycles. The number of hydrogen-bond donors (Lipinski definition) is 1. The average Bonchev–Trinajstić information content (AvgIpc) is 3.27. The maximum Gasteiger partial charge on any atom is 0.267 e. The van der Waals surface area contributed by atoms with E-state index in [0.717, 1.165) is 47.3 Å². The summed E-state index contributed by atoms with van der Waals surface area (Å²) >= 11 is 8.90. The molecule has 1 N–H and O–H groups in total. The van der Waals surface area contributed by atoms with Gasteiger partial charge in [-0.25, -0.2) is 10.4 Å². The van der Waals surface area contributed by atoms with E-state index in [4.69, 9.17) is 16.6 Å². The molecule has 7 nitrogen and oxygen atoms in total. The van der Waals surface area contributed by atoms with E-state index in [0.29, 0.717) is 21.3 Å². The third kappa shape index (κ3) is 5.58. The molecule has 1 aliphatic carbocycles. The number of benzene rings is 2. The van der Waals surface area contributed by atoms with E-state index in [1.807, 2.05) is 43.3 Å². The largest absolute Gasteiger partial charge is 0.378 e. The highest BCUT2D eigenvalue weighted by Gasteiger charge is 2.23. The Balaban J connectivity index is 1.38. The lowest BCUT2D eigenvalue weighted by Crippen LogP contribution is -2.24. The summed E-state index contributed by atoms with van der Waals surface area (Å²) in [7, 11) is 3.96. The van der Waals surface area contributed by atoms with Crippen LogP contribution in [0.1, 0.15) is 28.8 Å². The number of rotatable bonds is 7. The number of amides is 1. The van der Waals surface area contributed by atoms with E-state index in [1.165, 1.54) is 16.6 Å². The first-order chi connectivity index (χ1) is 17.9. The van der Waals surface area contributed by atoms with Gasteiger partial charge in [0, 0.05) is 29.7 Å². The van der Waals surface area contributed by atoms with Crippen LogP contribution in [0.15, 0.2) is 63.6 Å². The van der Waals surface area contributed by atoms with Gasteiger partial charge >= 0.3 is 0 Å². The number of aryl methyl sites for hydroxylation is 2. The number of anilines is 1. The van der Waals surface area contributed by atoms with Gasteiger partial charge in [0.2, 0.25) is 0 Å². The molecule has 0 unspecified atom stereocenters. The van der Waals surface area contributed by atoms with E-state index in [1.54, 1.807) is 46.4 Å². The van der Waals surface area contributed by atoms with Crippen LogP contribution in [0.2, 0.25) is 5.02 Å². The average molecular weight is 552 g/mol. The van der Waals surface area contributed by atoms with E-state index in [9.17, 15) is 9.59 Å². The number of hydrogen-bond acceptors (Lipinski definition) is 7. The van der Waals surface area contributed by atoms with Crippen LogP contribution in [0.4, 0.5) is 5.69 Å². The van der Waals surface area contributed by atoms with Crippen molar-refractivity contribution in [2.45, 2.75) is 30.8 Å². The van der Waals surface area contributed by atoms with Crippen molar-refractivity contribution in [3.63, 3.8) is 0 Å². The molecule has 37 heavy (non-hydrogen) atoms. The Morgan fingerprint density at radius 3 is 2.62 bits per heavy atom. The fraction of sp³-hybridized carbons (Fsp3) is 0.259. The van der Waals surface area contributed by atoms with Gasteiger partial charge in [-0.2, -0.15) is 5.10 Å². The van der Waals surface area contributed by atoms with Gasteiger partial charge < -0.3 is 4.90 Å². The molecule has 0 saturated carbocycles. The third-order valence-electron chi connectivity index (χ3n) is 6.19. The van der Waals surface area contributed by atoms with Crippen LogP contribution in [-0.2, 0) is 17.6 Å². The summed E-state index contributed by atoms with van der Waals surface area (Å²) in [6.45, 7) is 0. The molecule has 10 heteroatoms. The minimum atomic E-state index is -0.284. The molecule has 0 bridgehead atoms. The third-order valence-corrected chi connectivity index (χ3v) is 8.56. The highest BCUT2D eigenvalue weighted by molar-refractivity contribution is 7.99. The van der Waals surface area contributed by atoms with Gasteiger partial charge in [-0.15, -0.1) is 11.3 Å². The first-order valence-corrected chi connectivity index (χ1v) is 14.1. The fourth-order valence-electron chi connectivity index (χ4n) is 4.30. The van der Waals surface area contributed by atoms with Gasteiger partial charge in [0.25, 0.3) is 11.5 Å². The van der Waals surface area contributed by atoms with Gasteiger partial charge in [-0.05, 0) is 73.2 Å². The summed E-state index contributed by atoms with van der Waals surface area (Å²) in [6.07, 6.45) is 5.70. The van der Waals surface area contributed by atoms with Crippen LogP contribution < -0.4 is 15.9 Å². The summed E-state index contributed by atoms with van der Waals surface area (Å²) in [4.78, 5) is 35.2. The number of nitrogens with one attached hydrogen (secondary N) is 1. The molecule has 5 rings (SSSR count). The topological polar surface area (TPSA) is 79.6 Å². The summed E-state index contributed by atoms with van der Waals surface area (Å²) in [5.41, 5.74) is 6.23. The number of nitrogens with zero attached hydrogens (tertiary/aromatic N) is 4. The Morgan fingerprint density at radius 1 is 1.16 bits per heavy atom. The molecule has 4 aromatic rings. The van der Waals surface area contributed by atoms with Crippen molar-refractivity contribution >= 4 is 62.7 Å². The number of thiophene rings is 1. The van der Waals surface area contributed by atoms with E-state index in [2.05, 4.69) is 10.5 Å². The molecule has 0 aliphatic heterocycles. The SMILES string of the molecule is CN(C)c1ccc(C=NNC(=O)CSc2nc3sc4c(c3c(=O)n2-c2ccc(Cl)cc2)CCCC4)cc1. The van der Waals surface area contributed by atoms with E-state index < -0.39 is 0 Å². The molecule has 0 spiro atoms. The first kappa shape index (κ1) is 25.5. The van der Waals surface area contributed by atoms with Crippen molar-refractivity contribution in [2.24, 2.45) is 5.10 Å². The van der Waals surface area contributed by atoms with Crippen molar-refractivity contribution in [2.75, 3.05) is 24.7 Å². The normalized spacial score (nSPS) is 13.2. The molecule has 0 fully saturated rings. The van der Waals surface area contributed by atoms with Gasteiger partial charge in [0.1, 0.15) is 4.83 Å². The maximum atomic E-state index is 13.8. The number of halogens is 1. The molecule has 2 aromatic heterocycles. The molecule has 2 heterocycles. The monoisotopic (exact) mass is 551 g/mol. The fourth-order valence-corrected chi connectivity index (χ4v) is 6.53. The van der Waals surface area contributed by atoms with Crippen molar-refractivity contribution < 1.29 is 4.79 Å². The van der Waals surface area contributed by atoms with Crippen LogP contribution in [0.5, 0.6) is 0 Å². The smallest absolute Gasteiger partial charge is 0.267 e. The molecule has 0 atom stereocenters. The summed E-state index contributed by atoms with van der Waals surface area (Å²) < 4.78 is 1.59. The number of hydrazone groups is 1. The summed E-state index contributed by atoms with van der Waals surface area (Å²) in [5.74, 6) is -0.221. The van der Waals surface area contributed by atoms with Crippen LogP contribution in [0, 0.1) is 0 Å². The molecule has 0 radical (unpaired) electrons. The number of thioether (sulfide) groups is 1. The lowest BCUT2D eigenvalue weighted by atomic mass is 9.97. The van der Waals surface area contributed by atoms with Gasteiger partial charge in [0.05, 0.1) is 23.0 Å². The molecular weight excluding hydrogens is 526 g/mol. The minimum absolute atomic E-state index is 0.0630. The number of fused-ring (bicyclic) bond motifs is 3. The standard InChI is InChI=1S/C27H26ClN5O2S2/c1-32(2)19-11-7-17(8-12-19)15-29-31-23(34)16-36-27-30-25-24(21-5-3-4-6-22(21)37-25)26(35)33(27)20-13-9-18(28)10-14-20/h7-15H,3-6,16H2,1-2H3,(H,31,34). The van der Waals surface area contributed by atoms with Crippen molar-refractivity contribution in [3.05, 3.63) is 79.9 Å². The van der Waals surface area contributed by atoms with Crippen LogP contribution >= 0.6 is 34.7 Å². The van der Waals surface area contributed by atoms with Crippen LogP contribution in [-0.4, -0.2) is 41.5 Å². The Hall–Kier alpha value is -3.14. The zero-order chi connectivity index (χ0) is 25.9. The molecule has 1 amide bonds. The lowest BCUT2D eigenvalue weighted by Gasteiger charge is -2.13. The van der Waals surface area contributed by atoms with Crippen LogP contribution in [0.3, 0.4) is 0 Å². The maximum absolute atomic E-state index is 13.8. The number of aromatic nitrogens is 2. The molecule has 2 aromatic carbocycles. The minimum Gasteiger partial charge on any atom is -0.378 e. The Kier molecular flexibility index (Phi) is 7.64. The zero-order valence-corrected chi connectivity index (χ0v) is 22.9. The Labute approximate surface area is 228 Å². The number of carbonyl (C=O) groups excluding carboxylic acids is 1. The number of carbonyl (C=O) groups is 1. The van der Waals surface area contributed by atoms with Crippen molar-refractivity contribution in [1.82, 2.24) is 15.0 Å². The molecule has 190 valence electrons. The predicted molar refractivity (Wildman–Crippen MR) is 154 cm³/mol. The molecular formula is C27H26ClN5O2S2. The highest BCUT2D eigenvalue weighted by atomic mass is 35.5. The second-order valence-corrected chi connectivity index (χ2v) is 11.4. The second-order valence-electron chi connectivity index (χ2n) is 8.97.